The highest BCUT2D eigenvalue weighted by Gasteiger charge is 2.23. The molecule has 0 aliphatic carbocycles. The number of amides is 1. The van der Waals surface area contributed by atoms with Crippen LogP contribution in [-0.2, 0) is 10.0 Å². The normalized spacial score (nSPS) is 11.1. The molecule has 0 radical (unpaired) electrons. The number of sulfonamides is 1. The molecule has 0 saturated carbocycles. The molecule has 188 valence electrons. The summed E-state index contributed by atoms with van der Waals surface area (Å²) in [4.78, 5) is 31.7. The van der Waals surface area contributed by atoms with E-state index in [9.17, 15) is 18.0 Å². The van der Waals surface area contributed by atoms with Crippen molar-refractivity contribution in [2.24, 2.45) is 0 Å². The summed E-state index contributed by atoms with van der Waals surface area (Å²) in [6.07, 6.45) is 0. The molecule has 4 aromatic carbocycles. The van der Waals surface area contributed by atoms with E-state index >= 15 is 0 Å². The summed E-state index contributed by atoms with van der Waals surface area (Å²) >= 11 is 1.06. The van der Waals surface area contributed by atoms with Crippen LogP contribution in [0.5, 0.6) is 0 Å². The first kappa shape index (κ1) is 25.1. The van der Waals surface area contributed by atoms with Crippen molar-refractivity contribution in [1.29, 1.82) is 0 Å². The number of nitrogens with zero attached hydrogens (tertiary/aromatic N) is 1. The topological polar surface area (TPSA) is 105 Å². The molecule has 7 nitrogen and oxygen atoms in total. The number of para-hydroxylation sites is 1. The van der Waals surface area contributed by atoms with Crippen LogP contribution in [-0.4, -0.2) is 25.1 Å². The fraction of sp³-hybridized carbons (Fsp3) is 0. The smallest absolute Gasteiger partial charge is 0.261 e. The molecule has 1 aromatic heterocycles. The minimum absolute atomic E-state index is 0.0757. The van der Waals surface area contributed by atoms with Crippen LogP contribution in [0, 0.1) is 0 Å². The van der Waals surface area contributed by atoms with E-state index in [1.54, 1.807) is 54.6 Å². The van der Waals surface area contributed by atoms with Gasteiger partial charge in [0, 0.05) is 11.1 Å². The van der Waals surface area contributed by atoms with Gasteiger partial charge in [0.05, 0.1) is 21.8 Å². The summed E-state index contributed by atoms with van der Waals surface area (Å²) in [6.45, 7) is 0. The van der Waals surface area contributed by atoms with E-state index < -0.39 is 15.9 Å². The zero-order chi connectivity index (χ0) is 26.5. The molecule has 0 aliphatic heterocycles. The summed E-state index contributed by atoms with van der Waals surface area (Å²) in [5.41, 5.74) is 1.93. The van der Waals surface area contributed by atoms with E-state index in [1.807, 2.05) is 36.4 Å². The number of anilines is 2. The lowest BCUT2D eigenvalue weighted by molar-refractivity contribution is 0.102. The van der Waals surface area contributed by atoms with Gasteiger partial charge in [-0.1, -0.05) is 102 Å². The van der Waals surface area contributed by atoms with Crippen LogP contribution in [0.1, 0.15) is 25.6 Å². The van der Waals surface area contributed by atoms with Crippen molar-refractivity contribution in [3.05, 3.63) is 131 Å². The minimum atomic E-state index is -3.91. The number of thiazole rings is 1. The third kappa shape index (κ3) is 5.39. The summed E-state index contributed by atoms with van der Waals surface area (Å²) in [6, 6.07) is 32.3. The van der Waals surface area contributed by atoms with Gasteiger partial charge in [0.2, 0.25) is 5.78 Å². The van der Waals surface area contributed by atoms with Crippen molar-refractivity contribution >= 4 is 43.9 Å². The fourth-order valence-corrected chi connectivity index (χ4v) is 5.82. The molecule has 0 saturated heterocycles. The zero-order valence-corrected chi connectivity index (χ0v) is 21.5. The second kappa shape index (κ2) is 10.8. The number of aromatic nitrogens is 1. The lowest BCUT2D eigenvalue weighted by Gasteiger charge is -2.12. The van der Waals surface area contributed by atoms with Crippen LogP contribution >= 0.6 is 11.3 Å². The number of nitrogens with one attached hydrogen (secondary N) is 2. The summed E-state index contributed by atoms with van der Waals surface area (Å²) in [5.74, 6) is -0.776. The number of hydrogen-bond acceptors (Lipinski definition) is 6. The number of ketones is 1. The molecule has 0 atom stereocenters. The van der Waals surface area contributed by atoms with E-state index in [0.717, 1.165) is 16.9 Å². The number of carbonyl (C=O) groups excluding carboxylic acids is 2. The lowest BCUT2D eigenvalue weighted by atomic mass is 10.1. The van der Waals surface area contributed by atoms with Crippen molar-refractivity contribution < 1.29 is 18.0 Å². The van der Waals surface area contributed by atoms with E-state index in [0.29, 0.717) is 16.1 Å². The van der Waals surface area contributed by atoms with Gasteiger partial charge in [0.25, 0.3) is 15.9 Å². The van der Waals surface area contributed by atoms with Gasteiger partial charge in [0.15, 0.2) is 5.13 Å². The van der Waals surface area contributed by atoms with Crippen molar-refractivity contribution in [3.63, 3.8) is 0 Å². The van der Waals surface area contributed by atoms with Gasteiger partial charge in [-0.3, -0.25) is 19.6 Å². The molecule has 0 spiro atoms. The molecule has 2 N–H and O–H groups in total. The van der Waals surface area contributed by atoms with Crippen LogP contribution in [0.4, 0.5) is 10.8 Å². The average Bonchev–Trinajstić information content (AvgIpc) is 3.38. The van der Waals surface area contributed by atoms with Crippen molar-refractivity contribution in [2.75, 3.05) is 10.0 Å². The molecule has 0 bridgehead atoms. The third-order valence-electron chi connectivity index (χ3n) is 5.61. The summed E-state index contributed by atoms with van der Waals surface area (Å²) in [7, 11) is -3.91. The maximum absolute atomic E-state index is 13.3. The predicted octanol–water partition coefficient (Wildman–Crippen LogP) is 6.09. The summed E-state index contributed by atoms with van der Waals surface area (Å²) in [5, 5.41) is 2.96. The molecule has 1 amide bonds. The van der Waals surface area contributed by atoms with Crippen molar-refractivity contribution in [2.45, 2.75) is 4.90 Å². The SMILES string of the molecule is O=C(Nc1nc(-c2ccccc2)c(C(=O)c2ccccc2)s1)c1ccccc1NS(=O)(=O)c1ccccc1. The minimum Gasteiger partial charge on any atom is -0.298 e. The van der Waals surface area contributed by atoms with Crippen LogP contribution < -0.4 is 10.0 Å². The predicted molar refractivity (Wildman–Crippen MR) is 149 cm³/mol. The maximum atomic E-state index is 13.3. The standard InChI is InChI=1S/C29H21N3O4S2/c33-26(21-14-6-2-7-15-21)27-25(20-12-4-1-5-13-20)30-29(37-27)31-28(34)23-18-10-11-19-24(23)32-38(35,36)22-16-8-3-9-17-22/h1-19,32H,(H,30,31,34). The van der Waals surface area contributed by atoms with Crippen LogP contribution in [0.3, 0.4) is 0 Å². The van der Waals surface area contributed by atoms with Crippen LogP contribution in [0.15, 0.2) is 120 Å². The van der Waals surface area contributed by atoms with Gasteiger partial charge in [-0.25, -0.2) is 13.4 Å². The number of benzene rings is 4. The first-order valence-electron chi connectivity index (χ1n) is 11.6. The highest BCUT2D eigenvalue weighted by atomic mass is 32.2. The van der Waals surface area contributed by atoms with E-state index in [2.05, 4.69) is 15.0 Å². The second-order valence-electron chi connectivity index (χ2n) is 8.18. The monoisotopic (exact) mass is 539 g/mol. The molecule has 0 unspecified atom stereocenters. The van der Waals surface area contributed by atoms with Gasteiger partial charge in [-0.05, 0) is 24.3 Å². The van der Waals surface area contributed by atoms with Gasteiger partial charge < -0.3 is 0 Å². The Morgan fingerprint density at radius 2 is 1.29 bits per heavy atom. The Labute approximate surface area is 223 Å². The lowest BCUT2D eigenvalue weighted by Crippen LogP contribution is -2.18. The zero-order valence-electron chi connectivity index (χ0n) is 19.9. The Balaban J connectivity index is 1.47. The van der Waals surface area contributed by atoms with E-state index in [4.69, 9.17) is 0 Å². The average molecular weight is 540 g/mol. The number of rotatable bonds is 8. The van der Waals surface area contributed by atoms with Gasteiger partial charge in [-0.2, -0.15) is 0 Å². The first-order valence-corrected chi connectivity index (χ1v) is 13.9. The Hall–Kier alpha value is -4.60. The molecule has 5 rings (SSSR count). The molecule has 5 aromatic rings. The highest BCUT2D eigenvalue weighted by molar-refractivity contribution is 7.92. The van der Waals surface area contributed by atoms with Crippen LogP contribution in [0.25, 0.3) is 11.3 Å². The molecule has 1 heterocycles. The Morgan fingerprint density at radius 1 is 0.711 bits per heavy atom. The summed E-state index contributed by atoms with van der Waals surface area (Å²) < 4.78 is 28.2. The number of hydrogen-bond donors (Lipinski definition) is 2. The highest BCUT2D eigenvalue weighted by Crippen LogP contribution is 2.33. The maximum Gasteiger partial charge on any atom is 0.261 e. The fourth-order valence-electron chi connectivity index (χ4n) is 3.78. The Bertz CT molecular complexity index is 1700. The van der Waals surface area contributed by atoms with Gasteiger partial charge in [0.1, 0.15) is 4.88 Å². The van der Waals surface area contributed by atoms with Crippen molar-refractivity contribution in [3.8, 4) is 11.3 Å². The molecular weight excluding hydrogens is 518 g/mol. The van der Waals surface area contributed by atoms with E-state index in [1.165, 1.54) is 24.3 Å². The largest absolute Gasteiger partial charge is 0.298 e. The Kier molecular flexibility index (Phi) is 7.12. The molecule has 0 fully saturated rings. The molecular formula is C29H21N3O4S2. The number of carbonyl (C=O) groups is 2. The quantitative estimate of drug-likeness (QED) is 0.232. The van der Waals surface area contributed by atoms with E-state index in [-0.39, 0.29) is 27.1 Å². The molecule has 38 heavy (non-hydrogen) atoms. The van der Waals surface area contributed by atoms with Gasteiger partial charge in [-0.15, -0.1) is 0 Å². The van der Waals surface area contributed by atoms with Crippen LogP contribution in [0.2, 0.25) is 0 Å². The Morgan fingerprint density at radius 3 is 1.97 bits per heavy atom. The second-order valence-corrected chi connectivity index (χ2v) is 10.9. The van der Waals surface area contributed by atoms with Gasteiger partial charge >= 0.3 is 0 Å². The molecule has 0 aliphatic rings. The van der Waals surface area contributed by atoms with Crippen molar-refractivity contribution in [1.82, 2.24) is 4.98 Å². The third-order valence-corrected chi connectivity index (χ3v) is 7.96. The molecule has 9 heteroatoms. The first-order chi connectivity index (χ1) is 18.4.